The number of ether oxygens (including phenoxy) is 1. The van der Waals surface area contributed by atoms with Gasteiger partial charge in [0, 0.05) is 5.57 Å². The van der Waals surface area contributed by atoms with Crippen molar-refractivity contribution in [2.24, 2.45) is 0 Å². The zero-order chi connectivity index (χ0) is 13.2. The van der Waals surface area contributed by atoms with E-state index in [0.717, 1.165) is 12.8 Å². The number of hydrogen-bond acceptors (Lipinski definition) is 2. The van der Waals surface area contributed by atoms with Crippen LogP contribution in [0.4, 0.5) is 0 Å². The van der Waals surface area contributed by atoms with E-state index in [-0.39, 0.29) is 5.97 Å². The number of allylic oxidation sites excluding steroid dienone is 1. The number of carbonyl (C=O) groups excluding carboxylic acids is 1. The van der Waals surface area contributed by atoms with Gasteiger partial charge in [0.2, 0.25) is 0 Å². The predicted octanol–water partition coefficient (Wildman–Crippen LogP) is 4.51. The third-order valence-corrected chi connectivity index (χ3v) is 2.78. The van der Waals surface area contributed by atoms with Crippen LogP contribution in [0.1, 0.15) is 46.0 Å². The molecule has 18 heavy (non-hydrogen) atoms. The predicted molar refractivity (Wildman–Crippen MR) is 74.6 cm³/mol. The Morgan fingerprint density at radius 1 is 1.17 bits per heavy atom. The van der Waals surface area contributed by atoms with E-state index in [2.05, 4.69) is 6.92 Å². The highest BCUT2D eigenvalue weighted by molar-refractivity contribution is 5.89. The first-order chi connectivity index (χ1) is 8.74. The molecule has 0 aromatic heterocycles. The van der Waals surface area contributed by atoms with Crippen molar-refractivity contribution in [2.75, 3.05) is 0 Å². The maximum Gasteiger partial charge on any atom is 0.338 e. The molecule has 0 unspecified atom stereocenters. The molecule has 0 atom stereocenters. The van der Waals surface area contributed by atoms with Crippen molar-refractivity contribution in [2.45, 2.75) is 46.0 Å². The van der Waals surface area contributed by atoms with Crippen LogP contribution >= 0.6 is 0 Å². The van der Waals surface area contributed by atoms with Gasteiger partial charge in [0.25, 0.3) is 0 Å². The summed E-state index contributed by atoms with van der Waals surface area (Å²) in [6.45, 7) is 4.00. The Hall–Kier alpha value is -1.57. The molecule has 0 N–H and O–H groups in total. The van der Waals surface area contributed by atoms with Crippen LogP contribution in [0, 0.1) is 0 Å². The SMILES string of the molecule is CCCCCCC=C(C)C(=O)Oc1ccccc1. The largest absolute Gasteiger partial charge is 0.423 e. The second-order valence-corrected chi connectivity index (χ2v) is 4.44. The molecule has 0 fully saturated rings. The van der Waals surface area contributed by atoms with Crippen LogP contribution in [0.3, 0.4) is 0 Å². The lowest BCUT2D eigenvalue weighted by atomic mass is 10.1. The molecule has 1 aromatic rings. The van der Waals surface area contributed by atoms with Gasteiger partial charge in [-0.2, -0.15) is 0 Å². The van der Waals surface area contributed by atoms with Crippen molar-refractivity contribution in [3.63, 3.8) is 0 Å². The van der Waals surface area contributed by atoms with Gasteiger partial charge in [-0.3, -0.25) is 0 Å². The fourth-order valence-electron chi connectivity index (χ4n) is 1.65. The first kappa shape index (κ1) is 14.5. The van der Waals surface area contributed by atoms with Crippen molar-refractivity contribution in [1.29, 1.82) is 0 Å². The molecule has 0 spiro atoms. The summed E-state index contributed by atoms with van der Waals surface area (Å²) in [6, 6.07) is 9.17. The molecule has 0 radical (unpaired) electrons. The quantitative estimate of drug-likeness (QED) is 0.306. The van der Waals surface area contributed by atoms with Gasteiger partial charge in [0.15, 0.2) is 0 Å². The molecule has 0 aliphatic heterocycles. The standard InChI is InChI=1S/C16H22O2/c1-3-4-5-6-8-11-14(2)16(17)18-15-12-9-7-10-13-15/h7,9-13H,3-6,8H2,1-2H3. The average molecular weight is 246 g/mol. The second-order valence-electron chi connectivity index (χ2n) is 4.44. The Morgan fingerprint density at radius 3 is 2.56 bits per heavy atom. The minimum atomic E-state index is -0.253. The van der Waals surface area contributed by atoms with Crippen LogP contribution in [-0.4, -0.2) is 5.97 Å². The fourth-order valence-corrected chi connectivity index (χ4v) is 1.65. The van der Waals surface area contributed by atoms with Crippen molar-refractivity contribution in [3.8, 4) is 5.75 Å². The van der Waals surface area contributed by atoms with E-state index in [1.165, 1.54) is 19.3 Å². The number of benzene rings is 1. The zero-order valence-corrected chi connectivity index (χ0v) is 11.3. The van der Waals surface area contributed by atoms with Gasteiger partial charge in [-0.05, 0) is 31.9 Å². The summed E-state index contributed by atoms with van der Waals surface area (Å²) < 4.78 is 5.25. The molecule has 0 saturated heterocycles. The van der Waals surface area contributed by atoms with Crippen LogP contribution in [0.5, 0.6) is 5.75 Å². The first-order valence-electron chi connectivity index (χ1n) is 6.68. The van der Waals surface area contributed by atoms with Gasteiger partial charge in [0.1, 0.15) is 5.75 Å². The third-order valence-electron chi connectivity index (χ3n) is 2.78. The Bertz CT molecular complexity index is 379. The summed E-state index contributed by atoms with van der Waals surface area (Å²) in [7, 11) is 0. The van der Waals surface area contributed by atoms with Crippen molar-refractivity contribution in [3.05, 3.63) is 42.0 Å². The van der Waals surface area contributed by atoms with E-state index in [4.69, 9.17) is 4.74 Å². The summed E-state index contributed by atoms with van der Waals surface area (Å²) in [6.07, 6.45) is 7.80. The number of unbranched alkanes of at least 4 members (excludes halogenated alkanes) is 4. The third kappa shape index (κ3) is 5.67. The lowest BCUT2D eigenvalue weighted by Crippen LogP contribution is -2.09. The molecular weight excluding hydrogens is 224 g/mol. The lowest BCUT2D eigenvalue weighted by molar-refractivity contribution is -0.130. The maximum absolute atomic E-state index is 11.7. The van der Waals surface area contributed by atoms with Gasteiger partial charge in [-0.1, -0.05) is 50.5 Å². The topological polar surface area (TPSA) is 26.3 Å². The summed E-state index contributed by atoms with van der Waals surface area (Å²) in [4.78, 5) is 11.7. The van der Waals surface area contributed by atoms with Crippen molar-refractivity contribution < 1.29 is 9.53 Å². The van der Waals surface area contributed by atoms with E-state index in [9.17, 15) is 4.79 Å². The molecule has 0 amide bonds. The Morgan fingerprint density at radius 2 is 1.89 bits per heavy atom. The van der Waals surface area contributed by atoms with Crippen LogP contribution in [-0.2, 0) is 4.79 Å². The van der Waals surface area contributed by atoms with E-state index in [0.29, 0.717) is 11.3 Å². The maximum atomic E-state index is 11.7. The van der Waals surface area contributed by atoms with Crippen LogP contribution in [0.25, 0.3) is 0 Å². The normalized spacial score (nSPS) is 11.3. The lowest BCUT2D eigenvalue weighted by Gasteiger charge is -2.04. The number of para-hydroxylation sites is 1. The van der Waals surface area contributed by atoms with E-state index >= 15 is 0 Å². The molecule has 0 aliphatic carbocycles. The Labute approximate surface area is 110 Å². The van der Waals surface area contributed by atoms with Crippen LogP contribution < -0.4 is 4.74 Å². The van der Waals surface area contributed by atoms with Gasteiger partial charge in [0.05, 0.1) is 0 Å². The Kier molecular flexibility index (Phi) is 6.85. The molecule has 98 valence electrons. The number of hydrogen-bond donors (Lipinski definition) is 0. The molecule has 2 nitrogen and oxygen atoms in total. The molecule has 0 saturated carbocycles. The zero-order valence-electron chi connectivity index (χ0n) is 11.3. The molecule has 0 bridgehead atoms. The number of rotatable bonds is 7. The van der Waals surface area contributed by atoms with Crippen molar-refractivity contribution in [1.82, 2.24) is 0 Å². The highest BCUT2D eigenvalue weighted by Gasteiger charge is 2.06. The molecule has 1 aromatic carbocycles. The van der Waals surface area contributed by atoms with E-state index in [1.807, 2.05) is 31.2 Å². The first-order valence-corrected chi connectivity index (χ1v) is 6.68. The van der Waals surface area contributed by atoms with Gasteiger partial charge in [-0.25, -0.2) is 4.79 Å². The molecular formula is C16H22O2. The number of esters is 1. The van der Waals surface area contributed by atoms with E-state index in [1.54, 1.807) is 12.1 Å². The minimum absolute atomic E-state index is 0.253. The van der Waals surface area contributed by atoms with Gasteiger partial charge >= 0.3 is 5.97 Å². The van der Waals surface area contributed by atoms with Crippen LogP contribution in [0.15, 0.2) is 42.0 Å². The van der Waals surface area contributed by atoms with Crippen molar-refractivity contribution >= 4 is 5.97 Å². The summed E-state index contributed by atoms with van der Waals surface area (Å²) in [5.41, 5.74) is 0.690. The second kappa shape index (κ2) is 8.51. The van der Waals surface area contributed by atoms with Gasteiger partial charge in [-0.15, -0.1) is 0 Å². The smallest absolute Gasteiger partial charge is 0.338 e. The molecule has 0 heterocycles. The fraction of sp³-hybridized carbons (Fsp3) is 0.438. The highest BCUT2D eigenvalue weighted by atomic mass is 16.5. The number of carbonyl (C=O) groups is 1. The Balaban J connectivity index is 2.34. The van der Waals surface area contributed by atoms with E-state index < -0.39 is 0 Å². The minimum Gasteiger partial charge on any atom is -0.423 e. The summed E-state index contributed by atoms with van der Waals surface area (Å²) in [5.74, 6) is 0.345. The summed E-state index contributed by atoms with van der Waals surface area (Å²) >= 11 is 0. The molecule has 0 aliphatic rings. The highest BCUT2D eigenvalue weighted by Crippen LogP contribution is 2.12. The molecule has 2 heteroatoms. The molecule has 1 rings (SSSR count). The van der Waals surface area contributed by atoms with Gasteiger partial charge < -0.3 is 4.74 Å². The monoisotopic (exact) mass is 246 g/mol. The summed E-state index contributed by atoms with van der Waals surface area (Å²) in [5, 5.41) is 0. The average Bonchev–Trinajstić information content (AvgIpc) is 2.39. The van der Waals surface area contributed by atoms with Crippen LogP contribution in [0.2, 0.25) is 0 Å².